The van der Waals surface area contributed by atoms with Crippen LogP contribution >= 0.6 is 12.2 Å². The zero-order valence-corrected chi connectivity index (χ0v) is 18.5. The molecule has 1 saturated carbocycles. The molecule has 0 aliphatic heterocycles. The lowest BCUT2D eigenvalue weighted by Gasteiger charge is -2.16. The Hall–Kier alpha value is -3.33. The Labute approximate surface area is 189 Å². The number of fused-ring (bicyclic) bond motifs is 1. The molecule has 0 amide bonds. The van der Waals surface area contributed by atoms with Gasteiger partial charge < -0.3 is 5.32 Å². The maximum Gasteiger partial charge on any atom is 0.330 e. The number of nitrogens with zero attached hydrogens (tertiary/aromatic N) is 5. The average Bonchev–Trinajstić information content (AvgIpc) is 3.44. The van der Waals surface area contributed by atoms with Crippen LogP contribution in [0.3, 0.4) is 0 Å². The highest BCUT2D eigenvalue weighted by Gasteiger charge is 2.26. The predicted octanol–water partition coefficient (Wildman–Crippen LogP) is 4.71. The normalized spacial score (nSPS) is 14.3. The minimum Gasteiger partial charge on any atom is -0.340 e. The molecule has 0 spiro atoms. The van der Waals surface area contributed by atoms with Gasteiger partial charge in [-0.05, 0) is 36.6 Å². The Morgan fingerprint density at radius 3 is 2.59 bits per heavy atom. The summed E-state index contributed by atoms with van der Waals surface area (Å²) < 4.78 is 18.9. The molecule has 3 aromatic heterocycles. The molecular formula is C23H23FN6OS. The quantitative estimate of drug-likeness (QED) is 0.352. The molecule has 0 saturated heterocycles. The highest BCUT2D eigenvalue weighted by Crippen LogP contribution is 2.33. The number of aromatic nitrogens is 5. The van der Waals surface area contributed by atoms with Crippen molar-refractivity contribution < 1.29 is 4.39 Å². The SMILES string of the molecule is Cn1c(=S)c2c(Nc3ccccc3)n(Cc3ccc(F)nc3)nc2n(C2CCCC2)c1=O. The van der Waals surface area contributed by atoms with Crippen molar-refractivity contribution in [3.63, 3.8) is 0 Å². The maximum atomic E-state index is 13.3. The molecular weight excluding hydrogens is 427 g/mol. The Kier molecular flexibility index (Phi) is 5.34. The number of anilines is 2. The summed E-state index contributed by atoms with van der Waals surface area (Å²) in [5, 5.41) is 9.02. The number of benzene rings is 1. The van der Waals surface area contributed by atoms with E-state index in [4.69, 9.17) is 17.3 Å². The Bertz CT molecular complexity index is 1380. The van der Waals surface area contributed by atoms with Gasteiger partial charge in [0.05, 0.1) is 11.9 Å². The number of halogens is 1. The number of rotatable bonds is 5. The van der Waals surface area contributed by atoms with Crippen molar-refractivity contribution >= 4 is 34.8 Å². The second-order valence-corrected chi connectivity index (χ2v) is 8.53. The van der Waals surface area contributed by atoms with Gasteiger partial charge in [-0.15, -0.1) is 0 Å². The van der Waals surface area contributed by atoms with Gasteiger partial charge in [-0.25, -0.2) is 14.5 Å². The van der Waals surface area contributed by atoms with E-state index in [1.54, 1.807) is 22.4 Å². The van der Waals surface area contributed by atoms with Crippen molar-refractivity contribution in [2.75, 3.05) is 5.32 Å². The summed E-state index contributed by atoms with van der Waals surface area (Å²) in [6.07, 6.45) is 5.57. The van der Waals surface area contributed by atoms with Crippen LogP contribution in [0.4, 0.5) is 15.9 Å². The van der Waals surface area contributed by atoms with E-state index >= 15 is 0 Å². The van der Waals surface area contributed by atoms with Gasteiger partial charge in [0.15, 0.2) is 5.65 Å². The first-order valence-electron chi connectivity index (χ1n) is 10.7. The largest absolute Gasteiger partial charge is 0.340 e. The topological polar surface area (TPSA) is 69.7 Å². The molecule has 1 aliphatic rings. The zero-order chi connectivity index (χ0) is 22.2. The first-order chi connectivity index (χ1) is 15.5. The van der Waals surface area contributed by atoms with Crippen LogP contribution < -0.4 is 11.0 Å². The van der Waals surface area contributed by atoms with Crippen LogP contribution in [0.15, 0.2) is 53.5 Å². The lowest BCUT2D eigenvalue weighted by Crippen LogP contribution is -2.32. The number of para-hydroxylation sites is 1. The number of hydrogen-bond acceptors (Lipinski definition) is 5. The van der Waals surface area contributed by atoms with E-state index < -0.39 is 5.95 Å². The molecule has 5 rings (SSSR count). The highest BCUT2D eigenvalue weighted by molar-refractivity contribution is 7.71. The van der Waals surface area contributed by atoms with Gasteiger partial charge in [0.1, 0.15) is 10.5 Å². The summed E-state index contributed by atoms with van der Waals surface area (Å²) in [5.41, 5.74) is 2.11. The molecule has 1 N–H and O–H groups in total. The van der Waals surface area contributed by atoms with Gasteiger partial charge in [0, 0.05) is 25.0 Å². The summed E-state index contributed by atoms with van der Waals surface area (Å²) in [5.74, 6) is 0.167. The maximum absolute atomic E-state index is 13.3. The molecule has 0 atom stereocenters. The van der Waals surface area contributed by atoms with Crippen LogP contribution in [0, 0.1) is 10.6 Å². The molecule has 9 heteroatoms. The molecule has 3 heterocycles. The Morgan fingerprint density at radius 2 is 1.91 bits per heavy atom. The van der Waals surface area contributed by atoms with Crippen molar-refractivity contribution in [3.05, 3.63) is 75.3 Å². The summed E-state index contributed by atoms with van der Waals surface area (Å²) in [6, 6.07) is 12.9. The third kappa shape index (κ3) is 3.62. The third-order valence-corrected chi connectivity index (χ3v) is 6.50. The van der Waals surface area contributed by atoms with Gasteiger partial charge in [-0.2, -0.15) is 9.49 Å². The fourth-order valence-corrected chi connectivity index (χ4v) is 4.65. The van der Waals surface area contributed by atoms with E-state index in [0.29, 0.717) is 22.7 Å². The lowest BCUT2D eigenvalue weighted by atomic mass is 10.2. The van der Waals surface area contributed by atoms with Crippen LogP contribution in [-0.2, 0) is 13.6 Å². The monoisotopic (exact) mass is 450 g/mol. The van der Waals surface area contributed by atoms with E-state index in [-0.39, 0.29) is 11.7 Å². The van der Waals surface area contributed by atoms with Crippen LogP contribution in [0.5, 0.6) is 0 Å². The number of nitrogens with one attached hydrogen (secondary N) is 1. The number of hydrogen-bond donors (Lipinski definition) is 1. The van der Waals surface area contributed by atoms with Crippen molar-refractivity contribution in [2.45, 2.75) is 38.3 Å². The van der Waals surface area contributed by atoms with Gasteiger partial charge >= 0.3 is 5.69 Å². The molecule has 1 aromatic carbocycles. The Morgan fingerprint density at radius 1 is 1.16 bits per heavy atom. The van der Waals surface area contributed by atoms with Crippen molar-refractivity contribution in [3.8, 4) is 0 Å². The highest BCUT2D eigenvalue weighted by atomic mass is 32.1. The molecule has 0 bridgehead atoms. The molecule has 7 nitrogen and oxygen atoms in total. The third-order valence-electron chi connectivity index (χ3n) is 6.02. The fraction of sp³-hybridized carbons (Fsp3) is 0.304. The second kappa shape index (κ2) is 8.31. The fourth-order valence-electron chi connectivity index (χ4n) is 4.39. The predicted molar refractivity (Wildman–Crippen MR) is 124 cm³/mol. The minimum absolute atomic E-state index is 0.104. The summed E-state index contributed by atoms with van der Waals surface area (Å²) in [6.45, 7) is 0.356. The smallest absolute Gasteiger partial charge is 0.330 e. The zero-order valence-electron chi connectivity index (χ0n) is 17.7. The molecule has 164 valence electrons. The molecule has 1 fully saturated rings. The summed E-state index contributed by atoms with van der Waals surface area (Å²) >= 11 is 5.71. The average molecular weight is 451 g/mol. The molecule has 32 heavy (non-hydrogen) atoms. The minimum atomic E-state index is -0.531. The van der Waals surface area contributed by atoms with Crippen molar-refractivity contribution in [2.24, 2.45) is 7.05 Å². The first kappa shape index (κ1) is 20.6. The van der Waals surface area contributed by atoms with Crippen molar-refractivity contribution in [1.82, 2.24) is 23.9 Å². The van der Waals surface area contributed by atoms with Crippen LogP contribution in [0.1, 0.15) is 37.3 Å². The second-order valence-electron chi connectivity index (χ2n) is 8.14. The first-order valence-corrected chi connectivity index (χ1v) is 11.1. The summed E-state index contributed by atoms with van der Waals surface area (Å²) in [4.78, 5) is 17.0. The van der Waals surface area contributed by atoms with Crippen LogP contribution in [-0.4, -0.2) is 23.9 Å². The number of pyridine rings is 1. The summed E-state index contributed by atoms with van der Waals surface area (Å²) in [7, 11) is 1.71. The molecule has 0 unspecified atom stereocenters. The lowest BCUT2D eigenvalue weighted by molar-refractivity contribution is 0.488. The van der Waals surface area contributed by atoms with Gasteiger partial charge in [0.2, 0.25) is 5.95 Å². The molecule has 0 radical (unpaired) electrons. The molecule has 4 aromatic rings. The van der Waals surface area contributed by atoms with E-state index in [9.17, 15) is 9.18 Å². The van der Waals surface area contributed by atoms with E-state index in [2.05, 4.69) is 10.3 Å². The van der Waals surface area contributed by atoms with Crippen LogP contribution in [0.2, 0.25) is 0 Å². The molecule has 1 aliphatic carbocycles. The van der Waals surface area contributed by atoms with Crippen molar-refractivity contribution in [1.29, 1.82) is 0 Å². The standard InChI is InChI=1S/C23H23FN6OS/c1-28-22(32)19-20(26-16-7-3-2-4-8-16)29(14-15-11-12-18(24)25-13-15)27-21(19)30(23(28)31)17-9-5-6-10-17/h2-4,7-8,11-13,17,26H,5-6,9-10,14H2,1H3. The van der Waals surface area contributed by atoms with E-state index in [0.717, 1.165) is 42.3 Å². The van der Waals surface area contributed by atoms with E-state index in [1.165, 1.54) is 16.8 Å². The van der Waals surface area contributed by atoms with Gasteiger partial charge in [-0.3, -0.25) is 9.13 Å². The Balaban J connectivity index is 1.75. The van der Waals surface area contributed by atoms with E-state index in [1.807, 2.05) is 30.3 Å². The van der Waals surface area contributed by atoms with Crippen LogP contribution in [0.25, 0.3) is 11.0 Å². The van der Waals surface area contributed by atoms with Gasteiger partial charge in [0.25, 0.3) is 0 Å². The van der Waals surface area contributed by atoms with Gasteiger partial charge in [-0.1, -0.05) is 49.3 Å².